The van der Waals surface area contributed by atoms with E-state index in [-0.39, 0.29) is 29.5 Å². The summed E-state index contributed by atoms with van der Waals surface area (Å²) in [4.78, 5) is 0. The fraction of sp³-hybridized carbons (Fsp3) is 0.250. The van der Waals surface area contributed by atoms with Gasteiger partial charge >= 0.3 is 0 Å². The van der Waals surface area contributed by atoms with Crippen molar-refractivity contribution in [3.63, 3.8) is 0 Å². The number of benzene rings is 2. The molecule has 0 saturated heterocycles. The van der Waals surface area contributed by atoms with Gasteiger partial charge in [-0.25, -0.2) is 13.5 Å². The predicted molar refractivity (Wildman–Crippen MR) is 89.9 cm³/mol. The van der Waals surface area contributed by atoms with Gasteiger partial charge in [-0.3, -0.25) is 0 Å². The number of rotatable bonds is 7. The molecule has 2 rings (SSSR count). The molecule has 1 N–H and O–H groups in total. The first-order valence-electron chi connectivity index (χ1n) is 7.18. The molecule has 2 aromatic rings. The Morgan fingerprint density at radius 1 is 1.17 bits per heavy atom. The molecule has 0 aliphatic heterocycles. The maximum Gasteiger partial charge on any atom is 0.279 e. The highest BCUT2D eigenvalue weighted by Gasteiger charge is 2.20. The predicted octanol–water partition coefficient (Wildman–Crippen LogP) is 3.13. The van der Waals surface area contributed by atoms with Crippen molar-refractivity contribution >= 4 is 21.8 Å². The highest BCUT2D eigenvalue weighted by Crippen LogP contribution is 2.21. The molecule has 0 heterocycles. The highest BCUT2D eigenvalue weighted by molar-refractivity contribution is 7.87. The minimum atomic E-state index is -3.81. The topological polar surface area (TPSA) is 49.4 Å². The minimum Gasteiger partial charge on any atom is -0.207 e. The Kier molecular flexibility index (Phi) is 6.28. The van der Waals surface area contributed by atoms with Gasteiger partial charge in [-0.15, -0.1) is 0 Å². The molecule has 0 spiro atoms. The summed E-state index contributed by atoms with van der Waals surface area (Å²) in [5.41, 5.74) is 0.787. The van der Waals surface area contributed by atoms with E-state index in [0.29, 0.717) is 12.0 Å². The lowest BCUT2D eigenvalue weighted by molar-refractivity contribution is 0.446. The Balaban J connectivity index is 1.96. The second kappa shape index (κ2) is 8.02. The third-order valence-corrected chi connectivity index (χ3v) is 5.31. The van der Waals surface area contributed by atoms with Crippen LogP contribution in [0.4, 0.5) is 8.78 Å². The van der Waals surface area contributed by atoms with Gasteiger partial charge in [0.05, 0.1) is 0 Å². The van der Waals surface area contributed by atoms with E-state index < -0.39 is 16.0 Å². The van der Waals surface area contributed by atoms with Gasteiger partial charge in [0, 0.05) is 30.7 Å². The maximum atomic E-state index is 13.7. The molecule has 0 amide bonds. The first-order valence-corrected chi connectivity index (χ1v) is 8.99. The van der Waals surface area contributed by atoms with E-state index in [1.165, 1.54) is 37.4 Å². The molecule has 0 saturated carbocycles. The maximum absolute atomic E-state index is 13.7. The van der Waals surface area contributed by atoms with Crippen molar-refractivity contribution in [1.29, 1.82) is 0 Å². The van der Waals surface area contributed by atoms with Crippen molar-refractivity contribution in [2.24, 2.45) is 0 Å². The fourth-order valence-corrected chi connectivity index (χ4v) is 3.22. The first kappa shape index (κ1) is 18.8. The van der Waals surface area contributed by atoms with Crippen molar-refractivity contribution in [3.05, 3.63) is 70.2 Å². The quantitative estimate of drug-likeness (QED) is 0.809. The van der Waals surface area contributed by atoms with Crippen LogP contribution in [0.3, 0.4) is 0 Å². The second-order valence-electron chi connectivity index (χ2n) is 5.24. The summed E-state index contributed by atoms with van der Waals surface area (Å²) < 4.78 is 54.6. The summed E-state index contributed by atoms with van der Waals surface area (Å²) in [7, 11) is -2.48. The Bertz CT molecular complexity index is 795. The zero-order valence-electron chi connectivity index (χ0n) is 13.0. The number of nitrogens with zero attached hydrogens (tertiary/aromatic N) is 1. The first-order chi connectivity index (χ1) is 11.3. The van der Waals surface area contributed by atoms with Gasteiger partial charge in [0.1, 0.15) is 11.6 Å². The summed E-state index contributed by atoms with van der Waals surface area (Å²) in [5, 5.41) is 0.164. The normalized spacial score (nSPS) is 11.9. The van der Waals surface area contributed by atoms with Gasteiger partial charge in [0.2, 0.25) is 0 Å². The summed E-state index contributed by atoms with van der Waals surface area (Å²) in [5.74, 6) is -0.939. The van der Waals surface area contributed by atoms with Crippen molar-refractivity contribution in [2.75, 3.05) is 13.6 Å². The SMILES string of the molecule is CN(Cc1c(F)cccc1Cl)S(=O)(=O)NCCc1cccc(F)c1. The van der Waals surface area contributed by atoms with Crippen LogP contribution in [-0.2, 0) is 23.2 Å². The molecule has 2 aromatic carbocycles. The van der Waals surface area contributed by atoms with Crippen LogP contribution in [0.5, 0.6) is 0 Å². The lowest BCUT2D eigenvalue weighted by Crippen LogP contribution is -2.38. The van der Waals surface area contributed by atoms with Crippen LogP contribution in [0, 0.1) is 11.6 Å². The van der Waals surface area contributed by atoms with Crippen molar-refractivity contribution < 1.29 is 17.2 Å². The Morgan fingerprint density at radius 2 is 1.88 bits per heavy atom. The van der Waals surface area contributed by atoms with Crippen LogP contribution in [0.1, 0.15) is 11.1 Å². The number of hydrogen-bond donors (Lipinski definition) is 1. The molecule has 24 heavy (non-hydrogen) atoms. The largest absolute Gasteiger partial charge is 0.279 e. The monoisotopic (exact) mass is 374 g/mol. The molecule has 4 nitrogen and oxygen atoms in total. The van der Waals surface area contributed by atoms with Crippen LogP contribution < -0.4 is 4.72 Å². The summed E-state index contributed by atoms with van der Waals surface area (Å²) in [6, 6.07) is 10.1. The Hall–Kier alpha value is -1.54. The van der Waals surface area contributed by atoms with Gasteiger partial charge in [0.25, 0.3) is 10.2 Å². The van der Waals surface area contributed by atoms with Crippen LogP contribution in [-0.4, -0.2) is 26.3 Å². The molecular formula is C16H17ClF2N2O2S. The van der Waals surface area contributed by atoms with Crippen molar-refractivity contribution in [1.82, 2.24) is 9.03 Å². The summed E-state index contributed by atoms with van der Waals surface area (Å²) >= 11 is 5.91. The van der Waals surface area contributed by atoms with Gasteiger partial charge in [0.15, 0.2) is 0 Å². The fourth-order valence-electron chi connectivity index (χ4n) is 2.12. The second-order valence-corrected chi connectivity index (χ2v) is 7.50. The van der Waals surface area contributed by atoms with Crippen LogP contribution in [0.15, 0.2) is 42.5 Å². The van der Waals surface area contributed by atoms with Gasteiger partial charge in [-0.1, -0.05) is 29.8 Å². The molecule has 0 unspecified atom stereocenters. The van der Waals surface area contributed by atoms with Crippen LogP contribution in [0.25, 0.3) is 0 Å². The smallest absolute Gasteiger partial charge is 0.207 e. The van der Waals surface area contributed by atoms with E-state index >= 15 is 0 Å². The summed E-state index contributed by atoms with van der Waals surface area (Å²) in [6.07, 6.45) is 0.339. The highest BCUT2D eigenvalue weighted by atomic mass is 35.5. The Morgan fingerprint density at radius 3 is 2.54 bits per heavy atom. The third kappa shape index (κ3) is 4.98. The molecule has 0 bridgehead atoms. The Labute approximate surface area is 145 Å². The molecule has 0 radical (unpaired) electrons. The molecule has 0 aliphatic carbocycles. The van der Waals surface area contributed by atoms with E-state index in [0.717, 1.165) is 4.31 Å². The number of hydrogen-bond acceptors (Lipinski definition) is 2. The molecule has 0 aromatic heterocycles. The van der Waals surface area contributed by atoms with E-state index in [9.17, 15) is 17.2 Å². The average molecular weight is 375 g/mol. The third-order valence-electron chi connectivity index (χ3n) is 3.44. The summed E-state index contributed by atoms with van der Waals surface area (Å²) in [6.45, 7) is -0.0953. The van der Waals surface area contributed by atoms with Crippen molar-refractivity contribution in [3.8, 4) is 0 Å². The van der Waals surface area contributed by atoms with E-state index in [4.69, 9.17) is 11.6 Å². The van der Waals surface area contributed by atoms with Crippen molar-refractivity contribution in [2.45, 2.75) is 13.0 Å². The minimum absolute atomic E-state index is 0.0983. The molecule has 0 atom stereocenters. The molecule has 0 aliphatic rings. The van der Waals surface area contributed by atoms with Gasteiger partial charge < -0.3 is 0 Å². The number of nitrogens with one attached hydrogen (secondary N) is 1. The zero-order chi connectivity index (χ0) is 17.7. The van der Waals surface area contributed by atoms with Crippen LogP contribution in [0.2, 0.25) is 5.02 Å². The van der Waals surface area contributed by atoms with Crippen LogP contribution >= 0.6 is 11.6 Å². The molecule has 130 valence electrons. The number of halogens is 3. The van der Waals surface area contributed by atoms with E-state index in [1.54, 1.807) is 12.1 Å². The molecular weight excluding hydrogens is 358 g/mol. The van der Waals surface area contributed by atoms with Gasteiger partial charge in [-0.2, -0.15) is 12.7 Å². The zero-order valence-corrected chi connectivity index (χ0v) is 14.5. The lowest BCUT2D eigenvalue weighted by atomic mass is 10.1. The van der Waals surface area contributed by atoms with Gasteiger partial charge in [-0.05, 0) is 36.2 Å². The van der Waals surface area contributed by atoms with E-state index in [2.05, 4.69) is 4.72 Å². The average Bonchev–Trinajstić information content (AvgIpc) is 2.50. The molecule has 8 heteroatoms. The standard InChI is InChI=1S/C16H17ClF2N2O2S/c1-21(11-14-15(17)6-3-7-16(14)19)24(22,23)20-9-8-12-4-2-5-13(18)10-12/h2-7,10,20H,8-9,11H2,1H3. The lowest BCUT2D eigenvalue weighted by Gasteiger charge is -2.18. The molecule has 0 fully saturated rings. The van der Waals surface area contributed by atoms with E-state index in [1.807, 2.05) is 0 Å².